The lowest BCUT2D eigenvalue weighted by atomic mass is 9.94. The van der Waals surface area contributed by atoms with Gasteiger partial charge in [0.15, 0.2) is 0 Å². The Morgan fingerprint density at radius 3 is 2.59 bits per heavy atom. The Kier molecular flexibility index (Phi) is 6.56. The molecule has 1 aliphatic carbocycles. The zero-order chi connectivity index (χ0) is 15.9. The molecule has 1 fully saturated rings. The van der Waals surface area contributed by atoms with Crippen LogP contribution in [0.4, 0.5) is 5.69 Å². The van der Waals surface area contributed by atoms with Crippen molar-refractivity contribution in [3.05, 3.63) is 23.8 Å². The number of benzene rings is 1. The molecule has 0 bridgehead atoms. The van der Waals surface area contributed by atoms with Crippen molar-refractivity contribution in [1.82, 2.24) is 5.32 Å². The largest absolute Gasteiger partial charge is 0.495 e. The maximum absolute atomic E-state index is 5.66. The Morgan fingerprint density at radius 1 is 1.23 bits per heavy atom. The van der Waals surface area contributed by atoms with E-state index in [-0.39, 0.29) is 0 Å². The van der Waals surface area contributed by atoms with E-state index in [1.807, 2.05) is 0 Å². The minimum absolute atomic E-state index is 0.660. The van der Waals surface area contributed by atoms with Crippen LogP contribution in [0.25, 0.3) is 0 Å². The zero-order valence-corrected chi connectivity index (χ0v) is 14.7. The number of hydrogen-bond acceptors (Lipinski definition) is 3. The van der Waals surface area contributed by atoms with Gasteiger partial charge in [-0.25, -0.2) is 0 Å². The van der Waals surface area contributed by atoms with Crippen LogP contribution in [0.5, 0.6) is 5.75 Å². The fraction of sp³-hybridized carbons (Fsp3) is 0.684. The number of nitrogens with one attached hydrogen (secondary N) is 1. The average Bonchev–Trinajstić information content (AvgIpc) is 2.54. The summed E-state index contributed by atoms with van der Waals surface area (Å²) in [5.74, 6) is 1.68. The van der Waals surface area contributed by atoms with E-state index in [0.29, 0.717) is 12.0 Å². The molecule has 1 aliphatic rings. The second-order valence-electron chi connectivity index (χ2n) is 6.93. The summed E-state index contributed by atoms with van der Waals surface area (Å²) in [4.78, 5) is 2.42. The molecule has 124 valence electrons. The van der Waals surface area contributed by atoms with Gasteiger partial charge in [0, 0.05) is 19.6 Å². The highest BCUT2D eigenvalue weighted by molar-refractivity contribution is 5.60. The van der Waals surface area contributed by atoms with E-state index in [1.165, 1.54) is 43.4 Å². The second-order valence-corrected chi connectivity index (χ2v) is 6.93. The topological polar surface area (TPSA) is 24.5 Å². The highest BCUT2D eigenvalue weighted by atomic mass is 16.5. The predicted octanol–water partition coefficient (Wildman–Crippen LogP) is 4.21. The van der Waals surface area contributed by atoms with Gasteiger partial charge in [0.05, 0.1) is 12.8 Å². The highest BCUT2D eigenvalue weighted by Gasteiger charge is 2.20. The molecule has 0 aliphatic heterocycles. The molecule has 0 amide bonds. The minimum Gasteiger partial charge on any atom is -0.495 e. The van der Waals surface area contributed by atoms with Crippen molar-refractivity contribution in [2.75, 3.05) is 25.6 Å². The van der Waals surface area contributed by atoms with Gasteiger partial charge in [0.1, 0.15) is 5.75 Å². The second kappa shape index (κ2) is 8.42. The van der Waals surface area contributed by atoms with Gasteiger partial charge in [-0.1, -0.05) is 39.2 Å². The van der Waals surface area contributed by atoms with Gasteiger partial charge < -0.3 is 15.0 Å². The molecule has 0 spiro atoms. The summed E-state index contributed by atoms with van der Waals surface area (Å²) in [6.07, 6.45) is 6.71. The average molecular weight is 304 g/mol. The number of rotatable bonds is 7. The van der Waals surface area contributed by atoms with Crippen LogP contribution >= 0.6 is 0 Å². The van der Waals surface area contributed by atoms with E-state index in [9.17, 15) is 0 Å². The summed E-state index contributed by atoms with van der Waals surface area (Å²) < 4.78 is 5.66. The van der Waals surface area contributed by atoms with E-state index < -0.39 is 0 Å². The Hall–Kier alpha value is -1.22. The van der Waals surface area contributed by atoms with Gasteiger partial charge >= 0.3 is 0 Å². The zero-order valence-electron chi connectivity index (χ0n) is 14.7. The van der Waals surface area contributed by atoms with Crippen molar-refractivity contribution < 1.29 is 4.74 Å². The third-order valence-corrected chi connectivity index (χ3v) is 4.63. The number of ether oxygens (including phenoxy) is 1. The summed E-state index contributed by atoms with van der Waals surface area (Å²) >= 11 is 0. The highest BCUT2D eigenvalue weighted by Crippen LogP contribution is 2.33. The molecule has 1 N–H and O–H groups in total. The molecule has 0 saturated heterocycles. The van der Waals surface area contributed by atoms with Gasteiger partial charge in [-0.05, 0) is 43.0 Å². The van der Waals surface area contributed by atoms with Crippen LogP contribution in [0.3, 0.4) is 0 Å². The number of methoxy groups -OCH3 is 1. The molecule has 0 unspecified atom stereocenters. The van der Waals surface area contributed by atoms with Gasteiger partial charge in [-0.2, -0.15) is 0 Å². The van der Waals surface area contributed by atoms with E-state index in [2.05, 4.69) is 49.3 Å². The van der Waals surface area contributed by atoms with E-state index in [4.69, 9.17) is 4.74 Å². The number of anilines is 1. The quantitative estimate of drug-likeness (QED) is 0.816. The maximum atomic E-state index is 5.66. The van der Waals surface area contributed by atoms with Crippen LogP contribution in [0.15, 0.2) is 18.2 Å². The lowest BCUT2D eigenvalue weighted by Gasteiger charge is -2.33. The van der Waals surface area contributed by atoms with Crippen LogP contribution in [-0.2, 0) is 6.54 Å². The SMILES string of the molecule is COc1cc(CNCC(C)C)ccc1N(C)C1CCCCC1. The maximum Gasteiger partial charge on any atom is 0.142 e. The molecule has 3 nitrogen and oxygen atoms in total. The van der Waals surface area contributed by atoms with Crippen LogP contribution in [-0.4, -0.2) is 26.7 Å². The van der Waals surface area contributed by atoms with Crippen molar-refractivity contribution in [1.29, 1.82) is 0 Å². The first kappa shape index (κ1) is 17.1. The van der Waals surface area contributed by atoms with Crippen LogP contribution in [0, 0.1) is 5.92 Å². The van der Waals surface area contributed by atoms with E-state index in [0.717, 1.165) is 18.8 Å². The van der Waals surface area contributed by atoms with Gasteiger partial charge in [-0.15, -0.1) is 0 Å². The van der Waals surface area contributed by atoms with E-state index >= 15 is 0 Å². The Balaban J connectivity index is 2.04. The summed E-state index contributed by atoms with van der Waals surface area (Å²) in [5.41, 5.74) is 2.51. The van der Waals surface area contributed by atoms with Crippen molar-refractivity contribution in [3.8, 4) is 5.75 Å². The van der Waals surface area contributed by atoms with Gasteiger partial charge in [0.2, 0.25) is 0 Å². The van der Waals surface area contributed by atoms with Crippen LogP contribution < -0.4 is 15.0 Å². The number of nitrogens with zero attached hydrogens (tertiary/aromatic N) is 1. The third kappa shape index (κ3) is 4.64. The first-order chi connectivity index (χ1) is 10.6. The molecular weight excluding hydrogens is 272 g/mol. The fourth-order valence-electron chi connectivity index (χ4n) is 3.29. The predicted molar refractivity (Wildman–Crippen MR) is 94.8 cm³/mol. The molecule has 0 aromatic heterocycles. The first-order valence-electron chi connectivity index (χ1n) is 8.72. The third-order valence-electron chi connectivity index (χ3n) is 4.63. The molecule has 0 atom stereocenters. The van der Waals surface area contributed by atoms with Gasteiger partial charge in [-0.3, -0.25) is 0 Å². The molecule has 0 heterocycles. The molecule has 22 heavy (non-hydrogen) atoms. The Morgan fingerprint density at radius 2 is 1.95 bits per heavy atom. The summed E-state index contributed by atoms with van der Waals surface area (Å²) in [6, 6.07) is 7.29. The first-order valence-corrected chi connectivity index (χ1v) is 8.72. The lowest BCUT2D eigenvalue weighted by Crippen LogP contribution is -2.33. The molecule has 3 heteroatoms. The van der Waals surface area contributed by atoms with Crippen molar-refractivity contribution in [3.63, 3.8) is 0 Å². The summed E-state index contributed by atoms with van der Waals surface area (Å²) in [7, 11) is 3.99. The summed E-state index contributed by atoms with van der Waals surface area (Å²) in [6.45, 7) is 6.42. The molecule has 0 radical (unpaired) electrons. The standard InChI is InChI=1S/C19H32N2O/c1-15(2)13-20-14-16-10-11-18(19(12-16)22-4)21(3)17-8-6-5-7-9-17/h10-12,15,17,20H,5-9,13-14H2,1-4H3. The molecule has 2 rings (SSSR count). The van der Waals surface area contributed by atoms with Crippen molar-refractivity contribution >= 4 is 5.69 Å². The molecule has 1 saturated carbocycles. The summed E-state index contributed by atoms with van der Waals surface area (Å²) in [5, 5.41) is 3.50. The fourth-order valence-corrected chi connectivity index (χ4v) is 3.29. The van der Waals surface area contributed by atoms with Crippen LogP contribution in [0.2, 0.25) is 0 Å². The monoisotopic (exact) mass is 304 g/mol. The lowest BCUT2D eigenvalue weighted by molar-refractivity contribution is 0.401. The minimum atomic E-state index is 0.660. The Labute approximate surface area is 136 Å². The van der Waals surface area contributed by atoms with Crippen molar-refractivity contribution in [2.45, 2.75) is 58.5 Å². The van der Waals surface area contributed by atoms with Crippen molar-refractivity contribution in [2.24, 2.45) is 5.92 Å². The molecule has 1 aromatic carbocycles. The normalized spacial score (nSPS) is 16.0. The smallest absolute Gasteiger partial charge is 0.142 e. The van der Waals surface area contributed by atoms with Crippen LogP contribution in [0.1, 0.15) is 51.5 Å². The van der Waals surface area contributed by atoms with E-state index in [1.54, 1.807) is 7.11 Å². The molecular formula is C19H32N2O. The Bertz CT molecular complexity index is 453. The van der Waals surface area contributed by atoms with Gasteiger partial charge in [0.25, 0.3) is 0 Å². The molecule has 1 aromatic rings. The number of hydrogen-bond donors (Lipinski definition) is 1.